The lowest BCUT2D eigenvalue weighted by Crippen LogP contribution is -2.41. The Bertz CT molecular complexity index is 651. The fourth-order valence-electron chi connectivity index (χ4n) is 4.26. The zero-order chi connectivity index (χ0) is 16.9. The van der Waals surface area contributed by atoms with Crippen LogP contribution in [-0.4, -0.2) is 39.1 Å². The Morgan fingerprint density at radius 3 is 2.76 bits per heavy atom. The summed E-state index contributed by atoms with van der Waals surface area (Å²) in [5.41, 5.74) is 2.50. The Morgan fingerprint density at radius 1 is 1.08 bits per heavy atom. The zero-order valence-corrected chi connectivity index (χ0v) is 14.9. The van der Waals surface area contributed by atoms with Gasteiger partial charge in [0.2, 0.25) is 0 Å². The van der Waals surface area contributed by atoms with Crippen LogP contribution >= 0.6 is 0 Å². The molecule has 3 heterocycles. The standard InChI is InChI=1S/C20H28N4O/c1-2-4-17(5-3-1)11-23-12-19-10-22-16-24(19)20(13-23)15-25-14-18-6-8-21-9-7-18/h6-10,16-17,20H,1-5,11-15H2. The first-order valence-corrected chi connectivity index (χ1v) is 9.58. The molecular weight excluding hydrogens is 312 g/mol. The van der Waals surface area contributed by atoms with Gasteiger partial charge in [-0.15, -0.1) is 0 Å². The predicted octanol–water partition coefficient (Wildman–Crippen LogP) is 3.43. The topological polar surface area (TPSA) is 43.2 Å². The van der Waals surface area contributed by atoms with E-state index in [1.54, 1.807) is 0 Å². The monoisotopic (exact) mass is 340 g/mol. The molecule has 1 aliphatic heterocycles. The number of aromatic nitrogens is 3. The number of imidazole rings is 1. The minimum atomic E-state index is 0.358. The van der Waals surface area contributed by atoms with Crippen LogP contribution in [0.1, 0.15) is 49.4 Å². The molecule has 0 bridgehead atoms. The van der Waals surface area contributed by atoms with E-state index in [9.17, 15) is 0 Å². The molecule has 0 saturated heterocycles. The minimum absolute atomic E-state index is 0.358. The Labute approximate surface area is 150 Å². The number of hydrogen-bond donors (Lipinski definition) is 0. The molecule has 1 saturated carbocycles. The SMILES string of the molecule is c1cc(COCC2CN(CC3CCCCC3)Cc3cncn32)ccn1. The van der Waals surface area contributed by atoms with E-state index in [4.69, 9.17) is 4.74 Å². The van der Waals surface area contributed by atoms with E-state index in [2.05, 4.69) is 19.4 Å². The van der Waals surface area contributed by atoms with Gasteiger partial charge < -0.3 is 9.30 Å². The molecule has 0 amide bonds. The number of hydrogen-bond acceptors (Lipinski definition) is 4. The molecule has 2 aromatic heterocycles. The van der Waals surface area contributed by atoms with Gasteiger partial charge >= 0.3 is 0 Å². The molecule has 4 rings (SSSR count). The summed E-state index contributed by atoms with van der Waals surface area (Å²) in [7, 11) is 0. The first kappa shape index (κ1) is 16.7. The molecule has 1 atom stereocenters. The van der Waals surface area contributed by atoms with Crippen molar-refractivity contribution in [2.45, 2.75) is 51.3 Å². The summed E-state index contributed by atoms with van der Waals surface area (Å²) in [4.78, 5) is 11.0. The molecule has 0 N–H and O–H groups in total. The first-order valence-electron chi connectivity index (χ1n) is 9.58. The Hall–Kier alpha value is -1.72. The normalized spacial score (nSPS) is 22.0. The second kappa shape index (κ2) is 8.11. The van der Waals surface area contributed by atoms with Gasteiger partial charge in [-0.25, -0.2) is 4.98 Å². The molecule has 5 heteroatoms. The van der Waals surface area contributed by atoms with E-state index in [0.717, 1.165) is 25.6 Å². The third-order valence-corrected chi connectivity index (χ3v) is 5.56. The van der Waals surface area contributed by atoms with E-state index in [1.165, 1.54) is 49.9 Å². The van der Waals surface area contributed by atoms with Gasteiger partial charge in [0.25, 0.3) is 0 Å². The van der Waals surface area contributed by atoms with Gasteiger partial charge in [-0.1, -0.05) is 19.3 Å². The first-order chi connectivity index (χ1) is 12.4. The molecule has 0 aromatic carbocycles. The van der Waals surface area contributed by atoms with Crippen LogP contribution in [0, 0.1) is 5.92 Å². The van der Waals surface area contributed by atoms with Gasteiger partial charge in [-0.3, -0.25) is 9.88 Å². The quantitative estimate of drug-likeness (QED) is 0.808. The molecule has 2 aliphatic rings. The highest BCUT2D eigenvalue weighted by Gasteiger charge is 2.27. The van der Waals surface area contributed by atoms with Crippen LogP contribution in [0.2, 0.25) is 0 Å². The largest absolute Gasteiger partial charge is 0.375 e. The molecule has 25 heavy (non-hydrogen) atoms. The van der Waals surface area contributed by atoms with Crippen molar-refractivity contribution in [3.63, 3.8) is 0 Å². The van der Waals surface area contributed by atoms with Gasteiger partial charge in [-0.2, -0.15) is 0 Å². The summed E-state index contributed by atoms with van der Waals surface area (Å²) in [6.45, 7) is 4.69. The second-order valence-electron chi connectivity index (χ2n) is 7.51. The maximum absolute atomic E-state index is 6.02. The van der Waals surface area contributed by atoms with Gasteiger partial charge in [-0.05, 0) is 36.5 Å². The molecule has 1 fully saturated rings. The highest BCUT2D eigenvalue weighted by Crippen LogP contribution is 2.28. The summed E-state index contributed by atoms with van der Waals surface area (Å²) >= 11 is 0. The van der Waals surface area contributed by atoms with Crippen molar-refractivity contribution in [1.82, 2.24) is 19.4 Å². The van der Waals surface area contributed by atoms with Crippen molar-refractivity contribution >= 4 is 0 Å². The molecular formula is C20H28N4O. The van der Waals surface area contributed by atoms with Crippen molar-refractivity contribution < 1.29 is 4.74 Å². The van der Waals surface area contributed by atoms with Crippen molar-refractivity contribution in [3.8, 4) is 0 Å². The Balaban J connectivity index is 1.35. The van der Waals surface area contributed by atoms with Crippen LogP contribution in [0.4, 0.5) is 0 Å². The van der Waals surface area contributed by atoms with E-state index >= 15 is 0 Å². The van der Waals surface area contributed by atoms with Crippen LogP contribution in [0.5, 0.6) is 0 Å². The molecule has 1 aliphatic carbocycles. The van der Waals surface area contributed by atoms with Crippen molar-refractivity contribution in [2.24, 2.45) is 5.92 Å². The van der Waals surface area contributed by atoms with Crippen LogP contribution in [0.25, 0.3) is 0 Å². The molecule has 134 valence electrons. The van der Waals surface area contributed by atoms with Crippen molar-refractivity contribution in [1.29, 1.82) is 0 Å². The Morgan fingerprint density at radius 2 is 1.92 bits per heavy atom. The summed E-state index contributed by atoms with van der Waals surface area (Å²) in [5.74, 6) is 0.876. The van der Waals surface area contributed by atoms with Crippen LogP contribution in [0.3, 0.4) is 0 Å². The Kier molecular flexibility index (Phi) is 5.43. The highest BCUT2D eigenvalue weighted by molar-refractivity contribution is 5.08. The third-order valence-electron chi connectivity index (χ3n) is 5.56. The second-order valence-corrected chi connectivity index (χ2v) is 7.51. The number of rotatable bonds is 6. The average Bonchev–Trinajstić information content (AvgIpc) is 3.12. The third kappa shape index (κ3) is 4.28. The highest BCUT2D eigenvalue weighted by atomic mass is 16.5. The maximum atomic E-state index is 6.02. The molecule has 5 nitrogen and oxygen atoms in total. The summed E-state index contributed by atoms with van der Waals surface area (Å²) in [5, 5.41) is 0. The smallest absolute Gasteiger partial charge is 0.0952 e. The van der Waals surface area contributed by atoms with Crippen LogP contribution < -0.4 is 0 Å². The summed E-state index contributed by atoms with van der Waals surface area (Å²) < 4.78 is 8.33. The van der Waals surface area contributed by atoms with Crippen LogP contribution in [0.15, 0.2) is 37.1 Å². The lowest BCUT2D eigenvalue weighted by Gasteiger charge is -2.37. The zero-order valence-electron chi connectivity index (χ0n) is 14.9. The van der Waals surface area contributed by atoms with Gasteiger partial charge in [0, 0.05) is 38.2 Å². The van der Waals surface area contributed by atoms with Gasteiger partial charge in [0.1, 0.15) is 0 Å². The lowest BCUT2D eigenvalue weighted by atomic mass is 9.88. The fraction of sp³-hybridized carbons (Fsp3) is 0.600. The van der Waals surface area contributed by atoms with Gasteiger partial charge in [0.05, 0.1) is 31.3 Å². The van der Waals surface area contributed by atoms with E-state index in [-0.39, 0.29) is 0 Å². The number of fused-ring (bicyclic) bond motifs is 1. The number of nitrogens with zero attached hydrogens (tertiary/aromatic N) is 4. The molecule has 0 spiro atoms. The number of ether oxygens (including phenoxy) is 1. The van der Waals surface area contributed by atoms with E-state index in [0.29, 0.717) is 12.6 Å². The lowest BCUT2D eigenvalue weighted by molar-refractivity contribution is 0.0543. The van der Waals surface area contributed by atoms with E-state index in [1.807, 2.05) is 37.1 Å². The summed E-state index contributed by atoms with van der Waals surface area (Å²) in [6, 6.07) is 4.38. The minimum Gasteiger partial charge on any atom is -0.375 e. The molecule has 0 radical (unpaired) electrons. The fourth-order valence-corrected chi connectivity index (χ4v) is 4.26. The van der Waals surface area contributed by atoms with Gasteiger partial charge in [0.15, 0.2) is 0 Å². The molecule has 1 unspecified atom stereocenters. The van der Waals surface area contributed by atoms with Crippen LogP contribution in [-0.2, 0) is 17.9 Å². The van der Waals surface area contributed by atoms with Crippen molar-refractivity contribution in [2.75, 3.05) is 19.7 Å². The maximum Gasteiger partial charge on any atom is 0.0952 e. The predicted molar refractivity (Wildman–Crippen MR) is 97.0 cm³/mol. The van der Waals surface area contributed by atoms with E-state index < -0.39 is 0 Å². The van der Waals surface area contributed by atoms with Crippen molar-refractivity contribution in [3.05, 3.63) is 48.3 Å². The number of pyridine rings is 1. The molecule has 2 aromatic rings. The summed E-state index contributed by atoms with van der Waals surface area (Å²) in [6.07, 6.45) is 14.7. The average molecular weight is 340 g/mol.